The van der Waals surface area contributed by atoms with Crippen LogP contribution < -0.4 is 0 Å². The molecule has 1 aromatic carbocycles. The third-order valence-corrected chi connectivity index (χ3v) is 15.2. The Morgan fingerprint density at radius 1 is 0.460 bits per heavy atom. The summed E-state index contributed by atoms with van der Waals surface area (Å²) >= 11 is 0. The number of hydrogen-bond acceptors (Lipinski definition) is 10. The molecule has 1 aromatic rings. The first-order valence-electron chi connectivity index (χ1n) is 24.9. The van der Waals surface area contributed by atoms with Gasteiger partial charge in [0.05, 0.1) is 104 Å². The first kappa shape index (κ1) is 59.8. The molecule has 0 radical (unpaired) electrons. The van der Waals surface area contributed by atoms with Gasteiger partial charge in [0, 0.05) is 18.3 Å². The van der Waals surface area contributed by atoms with Crippen molar-refractivity contribution in [2.75, 3.05) is 52.9 Å². The predicted octanol–water partition coefficient (Wildman–Crippen LogP) is 11.5. The molecular weight excluding hydrogens is 797 g/mol. The molecule has 0 saturated heterocycles. The van der Waals surface area contributed by atoms with Gasteiger partial charge in [-0.15, -0.1) is 0 Å². The topological polar surface area (TPSA) is 125 Å². The molecule has 0 spiro atoms. The Kier molecular flexibility index (Phi) is 26.2. The third-order valence-electron chi connectivity index (χ3n) is 15.2. The van der Waals surface area contributed by atoms with Crippen molar-refractivity contribution >= 4 is 0 Å². The summed E-state index contributed by atoms with van der Waals surface area (Å²) in [6.45, 7) is 37.0. The van der Waals surface area contributed by atoms with Gasteiger partial charge in [-0.05, 0) is 125 Å². The van der Waals surface area contributed by atoms with E-state index in [9.17, 15) is 15.3 Å². The molecule has 0 amide bonds. The van der Waals surface area contributed by atoms with Crippen LogP contribution in [-0.2, 0) is 38.8 Å². The quantitative estimate of drug-likeness (QED) is 0.0553. The van der Waals surface area contributed by atoms with E-state index in [1.807, 2.05) is 32.0 Å². The van der Waals surface area contributed by atoms with Crippen LogP contribution in [0.25, 0.3) is 0 Å². The molecule has 0 fully saturated rings. The number of ether oxygens (including phenoxy) is 7. The number of aliphatic hydroxyl groups is 3. The number of aliphatic hydroxyl groups excluding tert-OH is 3. The van der Waals surface area contributed by atoms with Crippen molar-refractivity contribution in [2.24, 2.45) is 5.41 Å². The summed E-state index contributed by atoms with van der Waals surface area (Å²) in [4.78, 5) is 0. The summed E-state index contributed by atoms with van der Waals surface area (Å²) in [7, 11) is 0. The fourth-order valence-electron chi connectivity index (χ4n) is 8.11. The zero-order chi connectivity index (χ0) is 48.1. The van der Waals surface area contributed by atoms with Crippen LogP contribution in [0, 0.1) is 5.41 Å². The highest BCUT2D eigenvalue weighted by Gasteiger charge is 2.43. The van der Waals surface area contributed by atoms with E-state index in [2.05, 4.69) is 109 Å². The molecule has 63 heavy (non-hydrogen) atoms. The lowest BCUT2D eigenvalue weighted by atomic mass is 9.73. The Morgan fingerprint density at radius 3 is 1.41 bits per heavy atom. The van der Waals surface area contributed by atoms with Crippen molar-refractivity contribution in [3.8, 4) is 0 Å². The summed E-state index contributed by atoms with van der Waals surface area (Å²) in [5, 5.41) is 31.3. The maximum atomic E-state index is 11.0. The Hall–Kier alpha value is -1.18. The van der Waals surface area contributed by atoms with Crippen LogP contribution in [0.2, 0.25) is 0 Å². The standard InChI is InChI=1S/C53H100O10/c1-17-29-52(15,61-40-44(55)38-50(13,21-5)58-35-33-54)31-30-48(11,19-3)63-42-47(10,18-2)46(8,9)57-34-32-49(12,20-4)59-36-37-60-51(14,22-6)39-45(56)41-62-53(16,23-7)43-27-25-24-26-28-43/h24-28,44-45,54-56H,17-23,29-42H2,1-16H3. The van der Waals surface area contributed by atoms with Gasteiger partial charge in [0.2, 0.25) is 0 Å². The summed E-state index contributed by atoms with van der Waals surface area (Å²) in [6, 6.07) is 10.2. The Balaban J connectivity index is 2.76. The second-order valence-corrected chi connectivity index (χ2v) is 20.8. The van der Waals surface area contributed by atoms with Crippen LogP contribution in [-0.4, -0.2) is 114 Å². The van der Waals surface area contributed by atoms with Gasteiger partial charge in [0.1, 0.15) is 0 Å². The average molecular weight is 897 g/mol. The first-order chi connectivity index (χ1) is 29.4. The molecule has 9 atom stereocenters. The summed E-state index contributed by atoms with van der Waals surface area (Å²) in [5.41, 5.74) is -2.17. The molecule has 372 valence electrons. The molecule has 0 aromatic heterocycles. The minimum atomic E-state index is -0.662. The molecule has 0 aliphatic heterocycles. The monoisotopic (exact) mass is 897 g/mol. The minimum absolute atomic E-state index is 0.0386. The minimum Gasteiger partial charge on any atom is -0.394 e. The highest BCUT2D eigenvalue weighted by atomic mass is 16.6. The van der Waals surface area contributed by atoms with Crippen molar-refractivity contribution in [2.45, 2.75) is 246 Å². The maximum Gasteiger partial charge on any atom is 0.0902 e. The van der Waals surface area contributed by atoms with Crippen LogP contribution in [0.15, 0.2) is 30.3 Å². The van der Waals surface area contributed by atoms with E-state index in [4.69, 9.17) is 33.2 Å². The molecular formula is C53H100O10. The Labute approximate surface area is 387 Å². The molecule has 0 aliphatic carbocycles. The van der Waals surface area contributed by atoms with E-state index < -0.39 is 40.2 Å². The molecule has 0 saturated carbocycles. The lowest BCUT2D eigenvalue weighted by Crippen LogP contribution is -2.49. The number of hydrogen-bond donors (Lipinski definition) is 3. The van der Waals surface area contributed by atoms with E-state index in [-0.39, 0.29) is 43.0 Å². The second kappa shape index (κ2) is 27.6. The number of benzene rings is 1. The second-order valence-electron chi connectivity index (χ2n) is 20.8. The largest absolute Gasteiger partial charge is 0.394 e. The van der Waals surface area contributed by atoms with Gasteiger partial charge < -0.3 is 48.5 Å². The van der Waals surface area contributed by atoms with E-state index in [1.54, 1.807) is 0 Å². The van der Waals surface area contributed by atoms with Gasteiger partial charge in [-0.25, -0.2) is 0 Å². The lowest BCUT2D eigenvalue weighted by molar-refractivity contribution is -0.174. The fourth-order valence-corrected chi connectivity index (χ4v) is 8.11. The van der Waals surface area contributed by atoms with Gasteiger partial charge >= 0.3 is 0 Å². The molecule has 0 bridgehead atoms. The highest BCUT2D eigenvalue weighted by Crippen LogP contribution is 2.41. The average Bonchev–Trinajstić information content (AvgIpc) is 3.27. The molecule has 9 unspecified atom stereocenters. The van der Waals surface area contributed by atoms with Gasteiger partial charge in [-0.1, -0.05) is 92.1 Å². The summed E-state index contributed by atoms with van der Waals surface area (Å²) in [6.07, 6.45) is 8.79. The van der Waals surface area contributed by atoms with E-state index >= 15 is 0 Å². The van der Waals surface area contributed by atoms with Crippen molar-refractivity contribution in [1.82, 2.24) is 0 Å². The van der Waals surface area contributed by atoms with Gasteiger partial charge in [0.15, 0.2) is 0 Å². The normalized spacial score (nSPS) is 20.3. The van der Waals surface area contributed by atoms with Gasteiger partial charge in [-0.3, -0.25) is 0 Å². The van der Waals surface area contributed by atoms with E-state index in [0.29, 0.717) is 39.3 Å². The predicted molar refractivity (Wildman–Crippen MR) is 259 cm³/mol. The van der Waals surface area contributed by atoms with E-state index in [1.165, 1.54) is 0 Å². The SMILES string of the molecule is CCCC(C)(CCC(C)(CC)OCC(C)(CC)C(C)(C)OCCC(C)(CC)OCCOC(C)(CC)CC(O)COC(C)(CC)c1ccccc1)OCC(O)CC(C)(CC)OCCO. The summed E-state index contributed by atoms with van der Waals surface area (Å²) < 4.78 is 45.2. The number of rotatable bonds is 38. The zero-order valence-electron chi connectivity index (χ0n) is 43.6. The lowest BCUT2D eigenvalue weighted by Gasteiger charge is -2.46. The third kappa shape index (κ3) is 20.3. The maximum absolute atomic E-state index is 11.0. The van der Waals surface area contributed by atoms with Crippen LogP contribution >= 0.6 is 0 Å². The van der Waals surface area contributed by atoms with Crippen molar-refractivity contribution in [3.05, 3.63) is 35.9 Å². The van der Waals surface area contributed by atoms with E-state index in [0.717, 1.165) is 76.2 Å². The zero-order valence-corrected chi connectivity index (χ0v) is 43.6. The molecule has 0 aliphatic rings. The van der Waals surface area contributed by atoms with Gasteiger partial charge in [-0.2, -0.15) is 0 Å². The van der Waals surface area contributed by atoms with Gasteiger partial charge in [0.25, 0.3) is 0 Å². The molecule has 1 rings (SSSR count). The summed E-state index contributed by atoms with van der Waals surface area (Å²) in [5.74, 6) is 0. The smallest absolute Gasteiger partial charge is 0.0902 e. The van der Waals surface area contributed by atoms with Crippen LogP contribution in [0.5, 0.6) is 0 Å². The van der Waals surface area contributed by atoms with Crippen LogP contribution in [0.1, 0.15) is 200 Å². The van der Waals surface area contributed by atoms with Crippen molar-refractivity contribution in [3.63, 3.8) is 0 Å². The fraction of sp³-hybridized carbons (Fsp3) is 0.887. The highest BCUT2D eigenvalue weighted by molar-refractivity contribution is 5.21. The molecule has 0 heterocycles. The molecule has 10 heteroatoms. The molecule has 3 N–H and O–H groups in total. The van der Waals surface area contributed by atoms with Crippen LogP contribution in [0.3, 0.4) is 0 Å². The van der Waals surface area contributed by atoms with Crippen molar-refractivity contribution in [1.29, 1.82) is 0 Å². The van der Waals surface area contributed by atoms with Crippen LogP contribution in [0.4, 0.5) is 0 Å². The molecule has 10 nitrogen and oxygen atoms in total. The Morgan fingerprint density at radius 2 is 0.937 bits per heavy atom. The first-order valence-corrected chi connectivity index (χ1v) is 24.9. The Bertz CT molecular complexity index is 1350. The van der Waals surface area contributed by atoms with Crippen molar-refractivity contribution < 1.29 is 48.5 Å².